The first-order valence-corrected chi connectivity index (χ1v) is 7.96. The number of nitrogens with zero attached hydrogens (tertiary/aromatic N) is 4. The van der Waals surface area contributed by atoms with Gasteiger partial charge >= 0.3 is 0 Å². The van der Waals surface area contributed by atoms with Gasteiger partial charge in [0.15, 0.2) is 10.8 Å². The molecule has 1 unspecified atom stereocenters. The Morgan fingerprint density at radius 1 is 1.35 bits per heavy atom. The Kier molecular flexibility index (Phi) is 5.01. The Morgan fingerprint density at radius 2 is 2.10 bits per heavy atom. The quantitative estimate of drug-likeness (QED) is 0.844. The molecule has 2 aromatic rings. The molecule has 0 amide bonds. The normalized spacial score (nSPS) is 13.3. The van der Waals surface area contributed by atoms with Crippen molar-refractivity contribution >= 4 is 22.1 Å². The third kappa shape index (κ3) is 3.31. The van der Waals surface area contributed by atoms with Crippen LogP contribution in [0, 0.1) is 0 Å². The lowest BCUT2D eigenvalue weighted by atomic mass is 10.1. The van der Waals surface area contributed by atoms with Gasteiger partial charge in [-0.25, -0.2) is 4.98 Å². The third-order valence-electron chi connectivity index (χ3n) is 3.56. The van der Waals surface area contributed by atoms with Crippen molar-refractivity contribution in [1.29, 1.82) is 0 Å². The molecule has 2 N–H and O–H groups in total. The summed E-state index contributed by atoms with van der Waals surface area (Å²) in [5, 5.41) is 2.08. The molecule has 1 atom stereocenters. The van der Waals surface area contributed by atoms with E-state index in [1.807, 2.05) is 0 Å². The predicted octanol–water partition coefficient (Wildman–Crippen LogP) is 1.67. The van der Waals surface area contributed by atoms with E-state index in [2.05, 4.69) is 53.8 Å². The topological polar surface area (TPSA) is 49.8 Å². The van der Waals surface area contributed by atoms with Crippen molar-refractivity contribution in [2.75, 3.05) is 39.1 Å². The van der Waals surface area contributed by atoms with Crippen LogP contribution >= 0.6 is 11.3 Å². The summed E-state index contributed by atoms with van der Waals surface area (Å²) in [6.45, 7) is 4.11. The van der Waals surface area contributed by atoms with Crippen molar-refractivity contribution in [2.45, 2.75) is 25.8 Å². The Labute approximate surface area is 125 Å². The van der Waals surface area contributed by atoms with Crippen molar-refractivity contribution in [3.05, 3.63) is 17.3 Å². The first kappa shape index (κ1) is 15.3. The van der Waals surface area contributed by atoms with Gasteiger partial charge in [0.2, 0.25) is 0 Å². The molecule has 0 aliphatic rings. The van der Waals surface area contributed by atoms with Gasteiger partial charge in [-0.05, 0) is 20.5 Å². The summed E-state index contributed by atoms with van der Waals surface area (Å²) >= 11 is 1.67. The second-order valence-corrected chi connectivity index (χ2v) is 6.41. The van der Waals surface area contributed by atoms with Gasteiger partial charge in [-0.1, -0.05) is 6.92 Å². The van der Waals surface area contributed by atoms with Crippen LogP contribution in [0.25, 0.3) is 4.96 Å². The SMILES string of the molecule is CCC(N)Cc1c(N(C)CCN(C)C)nc2sccn12. The molecular weight excluding hydrogens is 270 g/mol. The fraction of sp³-hybridized carbons (Fsp3) is 0.643. The van der Waals surface area contributed by atoms with Gasteiger partial charge in [0.05, 0.1) is 5.69 Å². The van der Waals surface area contributed by atoms with Crippen molar-refractivity contribution in [1.82, 2.24) is 14.3 Å². The Bertz CT molecular complexity index is 545. The lowest BCUT2D eigenvalue weighted by molar-refractivity contribution is 0.416. The van der Waals surface area contributed by atoms with E-state index in [1.165, 1.54) is 5.69 Å². The van der Waals surface area contributed by atoms with Gasteiger partial charge in [0.1, 0.15) is 0 Å². The molecule has 0 aliphatic heterocycles. The number of hydrogen-bond donors (Lipinski definition) is 1. The number of rotatable bonds is 7. The molecule has 2 aromatic heterocycles. The molecule has 6 heteroatoms. The first-order valence-electron chi connectivity index (χ1n) is 7.08. The van der Waals surface area contributed by atoms with E-state index in [0.29, 0.717) is 0 Å². The second-order valence-electron chi connectivity index (χ2n) is 5.53. The molecule has 0 saturated carbocycles. The van der Waals surface area contributed by atoms with E-state index in [9.17, 15) is 0 Å². The molecule has 2 rings (SSSR count). The molecule has 0 radical (unpaired) electrons. The lowest BCUT2D eigenvalue weighted by Crippen LogP contribution is -2.30. The Balaban J connectivity index is 2.26. The number of aromatic nitrogens is 2. The number of nitrogens with two attached hydrogens (primary N) is 1. The highest BCUT2D eigenvalue weighted by Gasteiger charge is 2.18. The average Bonchev–Trinajstić information content (AvgIpc) is 2.98. The summed E-state index contributed by atoms with van der Waals surface area (Å²) in [6.07, 6.45) is 3.95. The number of fused-ring (bicyclic) bond motifs is 1. The van der Waals surface area contributed by atoms with Crippen molar-refractivity contribution in [2.24, 2.45) is 5.73 Å². The largest absolute Gasteiger partial charge is 0.357 e. The van der Waals surface area contributed by atoms with Gasteiger partial charge in [-0.3, -0.25) is 4.40 Å². The average molecular weight is 295 g/mol. The van der Waals surface area contributed by atoms with E-state index < -0.39 is 0 Å². The Hall–Kier alpha value is -1.11. The molecule has 0 fully saturated rings. The molecule has 112 valence electrons. The second kappa shape index (κ2) is 6.56. The maximum absolute atomic E-state index is 6.15. The molecule has 0 bridgehead atoms. The van der Waals surface area contributed by atoms with Gasteiger partial charge in [-0.15, -0.1) is 11.3 Å². The van der Waals surface area contributed by atoms with Gasteiger partial charge in [0, 0.05) is 44.2 Å². The molecule has 5 nitrogen and oxygen atoms in total. The summed E-state index contributed by atoms with van der Waals surface area (Å²) < 4.78 is 2.18. The van der Waals surface area contributed by atoms with E-state index in [4.69, 9.17) is 10.7 Å². The van der Waals surface area contributed by atoms with Gasteiger partial charge in [-0.2, -0.15) is 0 Å². The minimum atomic E-state index is 0.191. The monoisotopic (exact) mass is 295 g/mol. The summed E-state index contributed by atoms with van der Waals surface area (Å²) in [7, 11) is 6.29. The number of likely N-dealkylation sites (N-methyl/N-ethyl adjacent to an activating group) is 2. The van der Waals surface area contributed by atoms with Crippen LogP contribution in [0.3, 0.4) is 0 Å². The maximum Gasteiger partial charge on any atom is 0.195 e. The predicted molar refractivity (Wildman–Crippen MR) is 86.9 cm³/mol. The van der Waals surface area contributed by atoms with Crippen molar-refractivity contribution in [3.8, 4) is 0 Å². The first-order chi connectivity index (χ1) is 9.52. The van der Waals surface area contributed by atoms with E-state index >= 15 is 0 Å². The minimum Gasteiger partial charge on any atom is -0.357 e. The van der Waals surface area contributed by atoms with Crippen LogP contribution in [0.4, 0.5) is 5.82 Å². The Morgan fingerprint density at radius 3 is 2.75 bits per heavy atom. The van der Waals surface area contributed by atoms with Crippen LogP contribution in [0.1, 0.15) is 19.0 Å². The van der Waals surface area contributed by atoms with Crippen LogP contribution in [0.15, 0.2) is 11.6 Å². The number of hydrogen-bond acceptors (Lipinski definition) is 5. The summed E-state index contributed by atoms with van der Waals surface area (Å²) in [5.41, 5.74) is 7.38. The third-order valence-corrected chi connectivity index (χ3v) is 4.32. The highest BCUT2D eigenvalue weighted by molar-refractivity contribution is 7.15. The van der Waals surface area contributed by atoms with Crippen molar-refractivity contribution in [3.63, 3.8) is 0 Å². The molecule has 20 heavy (non-hydrogen) atoms. The molecule has 0 saturated heterocycles. The van der Waals surface area contributed by atoms with Crippen LogP contribution in [0.2, 0.25) is 0 Å². The minimum absolute atomic E-state index is 0.191. The molecule has 0 spiro atoms. The summed E-state index contributed by atoms with van der Waals surface area (Å²) in [5.74, 6) is 1.07. The summed E-state index contributed by atoms with van der Waals surface area (Å²) in [4.78, 5) is 10.2. The van der Waals surface area contributed by atoms with Crippen LogP contribution in [0.5, 0.6) is 0 Å². The lowest BCUT2D eigenvalue weighted by Gasteiger charge is -2.21. The highest BCUT2D eigenvalue weighted by Crippen LogP contribution is 2.25. The smallest absolute Gasteiger partial charge is 0.195 e. The van der Waals surface area contributed by atoms with E-state index in [0.717, 1.165) is 36.7 Å². The fourth-order valence-electron chi connectivity index (χ4n) is 2.17. The number of anilines is 1. The van der Waals surface area contributed by atoms with Crippen LogP contribution < -0.4 is 10.6 Å². The maximum atomic E-state index is 6.15. The fourth-order valence-corrected chi connectivity index (χ4v) is 2.89. The zero-order valence-corrected chi connectivity index (χ0v) is 13.7. The van der Waals surface area contributed by atoms with E-state index in [1.54, 1.807) is 11.3 Å². The number of imidazole rings is 1. The zero-order valence-electron chi connectivity index (χ0n) is 12.8. The number of thiazole rings is 1. The van der Waals surface area contributed by atoms with Crippen LogP contribution in [-0.4, -0.2) is 54.6 Å². The van der Waals surface area contributed by atoms with Gasteiger partial charge < -0.3 is 15.5 Å². The highest BCUT2D eigenvalue weighted by atomic mass is 32.1. The molecule has 0 aliphatic carbocycles. The van der Waals surface area contributed by atoms with Gasteiger partial charge in [0.25, 0.3) is 0 Å². The zero-order chi connectivity index (χ0) is 14.7. The summed E-state index contributed by atoms with van der Waals surface area (Å²) in [6, 6.07) is 0.191. The molecule has 2 heterocycles. The molecule has 0 aromatic carbocycles. The van der Waals surface area contributed by atoms with Crippen molar-refractivity contribution < 1.29 is 0 Å². The standard InChI is InChI=1S/C14H25N5S/c1-5-11(15)10-12-13(18(4)7-6-17(2)3)16-14-19(12)8-9-20-14/h8-9,11H,5-7,10,15H2,1-4H3. The van der Waals surface area contributed by atoms with Crippen LogP contribution in [-0.2, 0) is 6.42 Å². The molecular formula is C14H25N5S. The van der Waals surface area contributed by atoms with E-state index in [-0.39, 0.29) is 6.04 Å².